The predicted octanol–water partition coefficient (Wildman–Crippen LogP) is 7.35. The van der Waals surface area contributed by atoms with E-state index in [2.05, 4.69) is 66.2 Å². The molecule has 1 atom stereocenters. The van der Waals surface area contributed by atoms with Crippen molar-refractivity contribution in [2.45, 2.75) is 33.7 Å². The van der Waals surface area contributed by atoms with Gasteiger partial charge >= 0.3 is 0 Å². The number of nitrogens with one attached hydrogen (secondary N) is 1. The molecule has 1 aliphatic heterocycles. The van der Waals surface area contributed by atoms with Gasteiger partial charge in [-0.05, 0) is 98.5 Å². The Bertz CT molecular complexity index is 2370. The van der Waals surface area contributed by atoms with E-state index in [0.29, 0.717) is 32.9 Å². The van der Waals surface area contributed by atoms with Crippen molar-refractivity contribution in [3.05, 3.63) is 169 Å². The molecule has 1 aliphatic rings. The fraction of sp³-hybridized carbons (Fsp3) is 0.146. The number of rotatable bonds is 8. The minimum absolute atomic E-state index is 0.197. The van der Waals surface area contributed by atoms with Gasteiger partial charge in [0.2, 0.25) is 0 Å². The summed E-state index contributed by atoms with van der Waals surface area (Å²) >= 11 is 1.34. The Balaban J connectivity index is 1.30. The van der Waals surface area contributed by atoms with Gasteiger partial charge in [-0.3, -0.25) is 14.2 Å². The molecule has 0 unspecified atom stereocenters. The summed E-state index contributed by atoms with van der Waals surface area (Å²) in [6, 6.07) is 37.2. The van der Waals surface area contributed by atoms with Gasteiger partial charge in [-0.15, -0.1) is 0 Å². The highest BCUT2D eigenvalue weighted by atomic mass is 32.1. The first-order valence-electron chi connectivity index (χ1n) is 16.3. The lowest BCUT2D eigenvalue weighted by Crippen LogP contribution is -2.40. The van der Waals surface area contributed by atoms with Gasteiger partial charge in [0.15, 0.2) is 4.80 Å². The van der Waals surface area contributed by atoms with Gasteiger partial charge in [-0.2, -0.15) is 0 Å². The zero-order valence-electron chi connectivity index (χ0n) is 27.8. The fourth-order valence-electron chi connectivity index (χ4n) is 6.47. The summed E-state index contributed by atoms with van der Waals surface area (Å²) in [6.07, 6.45) is 1.94. The molecule has 1 N–H and O–H groups in total. The van der Waals surface area contributed by atoms with E-state index in [0.717, 1.165) is 39.5 Å². The first-order valence-corrected chi connectivity index (χ1v) is 17.1. The fourth-order valence-corrected chi connectivity index (χ4v) is 7.50. The minimum Gasteiger partial charge on any atom is -0.494 e. The number of para-hydroxylation sites is 1. The minimum atomic E-state index is -0.673. The van der Waals surface area contributed by atoms with Crippen molar-refractivity contribution in [1.82, 2.24) is 9.13 Å². The molecule has 0 saturated heterocycles. The summed E-state index contributed by atoms with van der Waals surface area (Å²) in [7, 11) is 0. The number of nitrogens with zero attached hydrogens (tertiary/aromatic N) is 3. The summed E-state index contributed by atoms with van der Waals surface area (Å²) in [6.45, 7) is 8.44. The number of fused-ring (bicyclic) bond motifs is 1. The third kappa shape index (κ3) is 6.19. The lowest BCUT2D eigenvalue weighted by molar-refractivity contribution is -0.113. The summed E-state index contributed by atoms with van der Waals surface area (Å²) in [4.78, 5) is 33.6. The molecule has 3 heterocycles. The first-order chi connectivity index (χ1) is 23.8. The van der Waals surface area contributed by atoms with E-state index >= 15 is 0 Å². The molecule has 0 spiro atoms. The Morgan fingerprint density at radius 3 is 2.20 bits per heavy atom. The molecule has 1 amide bonds. The number of aryl methyl sites for hydroxylation is 1. The van der Waals surface area contributed by atoms with E-state index in [9.17, 15) is 9.59 Å². The van der Waals surface area contributed by atoms with E-state index in [-0.39, 0.29) is 11.5 Å². The number of amides is 1. The highest BCUT2D eigenvalue weighted by Gasteiger charge is 2.32. The van der Waals surface area contributed by atoms with Gasteiger partial charge < -0.3 is 14.6 Å². The smallest absolute Gasteiger partial charge is 0.271 e. The first kappa shape index (κ1) is 31.8. The highest BCUT2D eigenvalue weighted by molar-refractivity contribution is 7.07. The molecule has 0 fully saturated rings. The number of thiazole rings is 1. The standard InChI is InChI=1S/C41H36N4O3S/c1-5-48-35-22-18-31(19-23-35)38-37(39(46)43-33-14-10-7-11-15-33)27(3)42-41-45(38)40(47)36(49-41)25-32-24-26(2)44(28(32)4)34-20-16-30(17-21-34)29-12-8-6-9-13-29/h6-25,38H,5H2,1-4H3,(H,43,46)/b36-25-/t38-/m1/s1. The molecule has 0 radical (unpaired) electrons. The van der Waals surface area contributed by atoms with Gasteiger partial charge in [-0.25, -0.2) is 4.99 Å². The van der Waals surface area contributed by atoms with Crippen LogP contribution in [0.1, 0.15) is 42.4 Å². The number of anilines is 1. The summed E-state index contributed by atoms with van der Waals surface area (Å²) < 4.78 is 10.1. The van der Waals surface area contributed by atoms with E-state index in [1.54, 1.807) is 4.57 Å². The lowest BCUT2D eigenvalue weighted by atomic mass is 9.95. The normalized spacial score (nSPS) is 14.4. The molecule has 0 saturated carbocycles. The Labute approximate surface area is 288 Å². The van der Waals surface area contributed by atoms with Crippen molar-refractivity contribution in [1.29, 1.82) is 0 Å². The van der Waals surface area contributed by atoms with Crippen molar-refractivity contribution in [3.8, 4) is 22.6 Å². The van der Waals surface area contributed by atoms with Crippen LogP contribution in [0.5, 0.6) is 5.75 Å². The second-order valence-electron chi connectivity index (χ2n) is 12.0. The van der Waals surface area contributed by atoms with Gasteiger partial charge in [-0.1, -0.05) is 84.1 Å². The van der Waals surface area contributed by atoms with Crippen LogP contribution in [0.15, 0.2) is 136 Å². The average Bonchev–Trinajstić information content (AvgIpc) is 3.58. The van der Waals surface area contributed by atoms with E-state index in [1.807, 2.05) is 92.7 Å². The molecule has 244 valence electrons. The topological polar surface area (TPSA) is 77.6 Å². The largest absolute Gasteiger partial charge is 0.494 e. The monoisotopic (exact) mass is 664 g/mol. The molecule has 8 heteroatoms. The third-order valence-electron chi connectivity index (χ3n) is 8.79. The van der Waals surface area contributed by atoms with Gasteiger partial charge in [0.05, 0.1) is 28.5 Å². The number of ether oxygens (including phenoxy) is 1. The molecule has 6 aromatic rings. The third-order valence-corrected chi connectivity index (χ3v) is 9.78. The molecule has 49 heavy (non-hydrogen) atoms. The number of hydrogen-bond donors (Lipinski definition) is 1. The van der Waals surface area contributed by atoms with Crippen molar-refractivity contribution >= 4 is 29.0 Å². The SMILES string of the molecule is CCOc1ccc([C@@H]2C(C(=O)Nc3ccccc3)=C(C)N=c3s/c(=C\c4cc(C)n(-c5ccc(-c6ccccc6)cc5)c4C)c(=O)n32)cc1. The van der Waals surface area contributed by atoms with E-state index < -0.39 is 6.04 Å². The highest BCUT2D eigenvalue weighted by Crippen LogP contribution is 2.32. The zero-order valence-corrected chi connectivity index (χ0v) is 28.6. The second-order valence-corrected chi connectivity index (χ2v) is 13.0. The molecule has 4 aromatic carbocycles. The number of allylic oxidation sites excluding steroid dienone is 1. The lowest BCUT2D eigenvalue weighted by Gasteiger charge is -2.25. The van der Waals surface area contributed by atoms with E-state index in [1.165, 1.54) is 16.9 Å². The van der Waals surface area contributed by atoms with Crippen molar-refractivity contribution in [2.75, 3.05) is 11.9 Å². The van der Waals surface area contributed by atoms with Gasteiger partial charge in [0.25, 0.3) is 11.5 Å². The van der Waals surface area contributed by atoms with Crippen LogP contribution >= 0.6 is 11.3 Å². The predicted molar refractivity (Wildman–Crippen MR) is 197 cm³/mol. The number of hydrogen-bond acceptors (Lipinski definition) is 5. The second kappa shape index (κ2) is 13.4. The van der Waals surface area contributed by atoms with Gasteiger partial charge in [0.1, 0.15) is 5.75 Å². The van der Waals surface area contributed by atoms with Crippen LogP contribution in [0.4, 0.5) is 5.69 Å². The van der Waals surface area contributed by atoms with Crippen molar-refractivity contribution < 1.29 is 9.53 Å². The maximum Gasteiger partial charge on any atom is 0.271 e. The Morgan fingerprint density at radius 1 is 0.878 bits per heavy atom. The number of carbonyl (C=O) groups is 1. The van der Waals surface area contributed by atoms with E-state index in [4.69, 9.17) is 9.73 Å². The quantitative estimate of drug-likeness (QED) is 0.185. The molecular formula is C41H36N4O3S. The number of aromatic nitrogens is 2. The van der Waals surface area contributed by atoms with Crippen LogP contribution in [-0.2, 0) is 4.79 Å². The van der Waals surface area contributed by atoms with Crippen molar-refractivity contribution in [2.24, 2.45) is 4.99 Å². The van der Waals surface area contributed by atoms with Crippen molar-refractivity contribution in [3.63, 3.8) is 0 Å². The zero-order chi connectivity index (χ0) is 34.1. The number of carbonyl (C=O) groups excluding carboxylic acids is 1. The molecule has 0 aliphatic carbocycles. The summed E-state index contributed by atoms with van der Waals surface area (Å²) in [5, 5.41) is 3.01. The average molecular weight is 665 g/mol. The Hall–Kier alpha value is -5.73. The summed E-state index contributed by atoms with van der Waals surface area (Å²) in [5.74, 6) is 0.419. The van der Waals surface area contributed by atoms with Crippen LogP contribution in [0.3, 0.4) is 0 Å². The summed E-state index contributed by atoms with van der Waals surface area (Å²) in [5.41, 5.74) is 8.67. The van der Waals surface area contributed by atoms with Crippen LogP contribution < -0.4 is 24.9 Å². The van der Waals surface area contributed by atoms with Crippen LogP contribution in [0, 0.1) is 13.8 Å². The molecule has 7 nitrogen and oxygen atoms in total. The molecule has 2 aromatic heterocycles. The van der Waals surface area contributed by atoms with Gasteiger partial charge in [0, 0.05) is 22.8 Å². The van der Waals surface area contributed by atoms with Crippen LogP contribution in [0.25, 0.3) is 22.9 Å². The molecular weight excluding hydrogens is 629 g/mol. The number of benzene rings is 4. The Kier molecular flexibility index (Phi) is 8.72. The van der Waals surface area contributed by atoms with Crippen LogP contribution in [0.2, 0.25) is 0 Å². The molecule has 7 rings (SSSR count). The maximum atomic E-state index is 14.3. The molecule has 0 bridgehead atoms. The Morgan fingerprint density at radius 2 is 1.53 bits per heavy atom. The van der Waals surface area contributed by atoms with Crippen LogP contribution in [-0.4, -0.2) is 21.6 Å². The maximum absolute atomic E-state index is 14.3.